The van der Waals surface area contributed by atoms with E-state index in [1.54, 1.807) is 18.2 Å². The zero-order valence-corrected chi connectivity index (χ0v) is 9.97. The summed E-state index contributed by atoms with van der Waals surface area (Å²) in [5.74, 6) is -0.372. The Bertz CT molecular complexity index is 634. The fraction of sp³-hybridized carbons (Fsp3) is 0.167. The summed E-state index contributed by atoms with van der Waals surface area (Å²) in [7, 11) is 0. The molecule has 0 aliphatic carbocycles. The van der Waals surface area contributed by atoms with E-state index in [1.807, 2.05) is 13.0 Å². The van der Waals surface area contributed by atoms with Crippen LogP contribution in [-0.2, 0) is 4.79 Å². The molecular formula is C12H11ClN2O2. The fourth-order valence-electron chi connectivity index (χ4n) is 1.71. The number of aromatic amines is 1. The number of aromatic nitrogens is 1. The average molecular weight is 251 g/mol. The van der Waals surface area contributed by atoms with Gasteiger partial charge in [0.25, 0.3) is 0 Å². The number of carbonyl (C=O) groups is 1. The molecule has 1 amide bonds. The van der Waals surface area contributed by atoms with Crippen LogP contribution in [0.4, 0.5) is 5.69 Å². The number of hydrogen-bond acceptors (Lipinski definition) is 2. The largest absolute Gasteiger partial charge is 0.325 e. The lowest BCUT2D eigenvalue weighted by molar-refractivity contribution is -0.113. The number of hydrogen-bond donors (Lipinski definition) is 2. The molecule has 0 aliphatic heterocycles. The van der Waals surface area contributed by atoms with E-state index in [4.69, 9.17) is 11.6 Å². The van der Waals surface area contributed by atoms with E-state index in [9.17, 15) is 9.59 Å². The molecule has 2 N–H and O–H groups in total. The minimum absolute atomic E-state index is 0.0949. The molecule has 1 aromatic heterocycles. The summed E-state index contributed by atoms with van der Waals surface area (Å²) in [6.07, 6.45) is 0. The van der Waals surface area contributed by atoms with Crippen molar-refractivity contribution in [3.8, 4) is 0 Å². The van der Waals surface area contributed by atoms with E-state index in [0.717, 1.165) is 10.9 Å². The normalized spacial score (nSPS) is 10.5. The first-order chi connectivity index (χ1) is 8.10. The van der Waals surface area contributed by atoms with Crippen LogP contribution in [0.15, 0.2) is 29.1 Å². The van der Waals surface area contributed by atoms with E-state index in [-0.39, 0.29) is 17.3 Å². The molecule has 0 spiro atoms. The topological polar surface area (TPSA) is 62.0 Å². The van der Waals surface area contributed by atoms with Gasteiger partial charge in [0.05, 0.1) is 5.52 Å². The highest BCUT2D eigenvalue weighted by atomic mass is 35.5. The number of benzene rings is 1. The quantitative estimate of drug-likeness (QED) is 0.801. The first-order valence-electron chi connectivity index (χ1n) is 5.09. The van der Waals surface area contributed by atoms with Crippen LogP contribution in [0.25, 0.3) is 10.9 Å². The molecule has 0 fully saturated rings. The molecule has 0 radical (unpaired) electrons. The zero-order valence-electron chi connectivity index (χ0n) is 9.21. The third-order valence-corrected chi connectivity index (χ3v) is 2.70. The number of aryl methyl sites for hydroxylation is 1. The van der Waals surface area contributed by atoms with Gasteiger partial charge in [0.2, 0.25) is 11.5 Å². The van der Waals surface area contributed by atoms with E-state index in [1.165, 1.54) is 0 Å². The summed E-state index contributed by atoms with van der Waals surface area (Å²) in [5.41, 5.74) is 2.06. The van der Waals surface area contributed by atoms with Crippen LogP contribution >= 0.6 is 11.6 Å². The highest BCUT2D eigenvalue weighted by Gasteiger charge is 2.03. The third kappa shape index (κ3) is 2.47. The molecule has 0 aliphatic rings. The number of anilines is 1. The SMILES string of the molecule is Cc1cc(=O)[nH]c2cc(NC(=O)CCl)ccc12. The molecule has 2 aromatic rings. The summed E-state index contributed by atoms with van der Waals surface area (Å²) in [6, 6.07) is 6.89. The van der Waals surface area contributed by atoms with Gasteiger partial charge in [0, 0.05) is 17.1 Å². The second-order valence-corrected chi connectivity index (χ2v) is 4.03. The number of carbonyl (C=O) groups excluding carboxylic acids is 1. The van der Waals surface area contributed by atoms with Crippen LogP contribution in [-0.4, -0.2) is 16.8 Å². The average Bonchev–Trinajstić information content (AvgIpc) is 2.28. The summed E-state index contributed by atoms with van der Waals surface area (Å²) < 4.78 is 0. The highest BCUT2D eigenvalue weighted by molar-refractivity contribution is 6.29. The molecule has 0 bridgehead atoms. The Morgan fingerprint density at radius 3 is 2.88 bits per heavy atom. The number of H-pyrrole nitrogens is 1. The molecule has 0 unspecified atom stereocenters. The van der Waals surface area contributed by atoms with E-state index < -0.39 is 0 Å². The predicted octanol–water partition coefficient (Wildman–Crippen LogP) is 2.01. The molecule has 5 heteroatoms. The summed E-state index contributed by atoms with van der Waals surface area (Å²) in [6.45, 7) is 1.87. The number of halogens is 1. The van der Waals surface area contributed by atoms with Crippen molar-refractivity contribution in [2.24, 2.45) is 0 Å². The highest BCUT2D eigenvalue weighted by Crippen LogP contribution is 2.18. The maximum Gasteiger partial charge on any atom is 0.248 e. The Morgan fingerprint density at radius 1 is 1.41 bits per heavy atom. The van der Waals surface area contributed by atoms with Crippen LogP contribution in [0.3, 0.4) is 0 Å². The van der Waals surface area contributed by atoms with Crippen LogP contribution in [0.2, 0.25) is 0 Å². The van der Waals surface area contributed by atoms with Gasteiger partial charge in [0.1, 0.15) is 5.88 Å². The first-order valence-corrected chi connectivity index (χ1v) is 5.63. The van der Waals surface area contributed by atoms with Gasteiger partial charge in [-0.25, -0.2) is 0 Å². The van der Waals surface area contributed by atoms with Crippen LogP contribution in [0.1, 0.15) is 5.56 Å². The number of rotatable bonds is 2. The van der Waals surface area contributed by atoms with Crippen molar-refractivity contribution >= 4 is 34.1 Å². The Balaban J connectivity index is 2.50. The number of alkyl halides is 1. The first kappa shape index (κ1) is 11.7. The van der Waals surface area contributed by atoms with Crippen LogP contribution < -0.4 is 10.9 Å². The smallest absolute Gasteiger partial charge is 0.248 e. The van der Waals surface area contributed by atoms with Crippen molar-refractivity contribution < 1.29 is 4.79 Å². The Morgan fingerprint density at radius 2 is 2.18 bits per heavy atom. The summed E-state index contributed by atoms with van der Waals surface area (Å²) in [5, 5.41) is 3.58. The van der Waals surface area contributed by atoms with Crippen LogP contribution in [0.5, 0.6) is 0 Å². The van der Waals surface area contributed by atoms with E-state index in [2.05, 4.69) is 10.3 Å². The molecule has 0 saturated heterocycles. The third-order valence-electron chi connectivity index (χ3n) is 2.46. The standard InChI is InChI=1S/C12H11ClN2O2/c1-7-4-11(16)15-10-5-8(2-3-9(7)10)14-12(17)6-13/h2-5H,6H2,1H3,(H,14,17)(H,15,16). The maximum atomic E-state index is 11.3. The molecule has 88 valence electrons. The maximum absolute atomic E-state index is 11.3. The number of pyridine rings is 1. The minimum Gasteiger partial charge on any atom is -0.325 e. The lowest BCUT2D eigenvalue weighted by atomic mass is 10.1. The van der Waals surface area contributed by atoms with Crippen molar-refractivity contribution in [1.29, 1.82) is 0 Å². The van der Waals surface area contributed by atoms with Gasteiger partial charge >= 0.3 is 0 Å². The number of nitrogens with one attached hydrogen (secondary N) is 2. The van der Waals surface area contributed by atoms with Gasteiger partial charge in [-0.05, 0) is 24.6 Å². The van der Waals surface area contributed by atoms with Crippen molar-refractivity contribution in [3.05, 3.63) is 40.2 Å². The van der Waals surface area contributed by atoms with Crippen molar-refractivity contribution in [1.82, 2.24) is 4.98 Å². The summed E-state index contributed by atoms with van der Waals surface area (Å²) >= 11 is 5.40. The minimum atomic E-state index is -0.277. The second kappa shape index (κ2) is 4.59. The fourth-order valence-corrected chi connectivity index (χ4v) is 1.77. The van der Waals surface area contributed by atoms with Gasteiger partial charge in [0.15, 0.2) is 0 Å². The molecule has 4 nitrogen and oxygen atoms in total. The van der Waals surface area contributed by atoms with Gasteiger partial charge in [-0.1, -0.05) is 6.07 Å². The predicted molar refractivity (Wildman–Crippen MR) is 68.7 cm³/mol. The van der Waals surface area contributed by atoms with E-state index >= 15 is 0 Å². The zero-order chi connectivity index (χ0) is 12.4. The molecule has 2 rings (SSSR count). The second-order valence-electron chi connectivity index (χ2n) is 3.76. The Labute approximate surface area is 103 Å². The van der Waals surface area contributed by atoms with Crippen molar-refractivity contribution in [3.63, 3.8) is 0 Å². The van der Waals surface area contributed by atoms with E-state index in [0.29, 0.717) is 11.2 Å². The molecule has 0 saturated carbocycles. The lowest BCUT2D eigenvalue weighted by Crippen LogP contribution is -2.12. The molecule has 1 heterocycles. The number of fused-ring (bicyclic) bond motifs is 1. The Kier molecular flexibility index (Phi) is 3.15. The lowest BCUT2D eigenvalue weighted by Gasteiger charge is -2.06. The molecule has 17 heavy (non-hydrogen) atoms. The molecule has 1 aromatic carbocycles. The Hall–Kier alpha value is -1.81. The van der Waals surface area contributed by atoms with Gasteiger partial charge < -0.3 is 10.3 Å². The van der Waals surface area contributed by atoms with Crippen molar-refractivity contribution in [2.45, 2.75) is 6.92 Å². The van der Waals surface area contributed by atoms with Crippen molar-refractivity contribution in [2.75, 3.05) is 11.2 Å². The van der Waals surface area contributed by atoms with Gasteiger partial charge in [-0.2, -0.15) is 0 Å². The van der Waals surface area contributed by atoms with Gasteiger partial charge in [-0.3, -0.25) is 9.59 Å². The monoisotopic (exact) mass is 250 g/mol. The van der Waals surface area contributed by atoms with Crippen LogP contribution in [0, 0.1) is 6.92 Å². The molecule has 0 atom stereocenters. The number of amides is 1. The summed E-state index contributed by atoms with van der Waals surface area (Å²) in [4.78, 5) is 25.2. The van der Waals surface area contributed by atoms with Gasteiger partial charge in [-0.15, -0.1) is 11.6 Å². The molecular weight excluding hydrogens is 240 g/mol.